The van der Waals surface area contributed by atoms with E-state index < -0.39 is 0 Å². The molecule has 0 unspecified atom stereocenters. The third-order valence-electron chi connectivity index (χ3n) is 4.07. The normalized spacial score (nSPS) is 10.7. The molecular formula is C19H28O3. The highest BCUT2D eigenvalue weighted by atomic mass is 16.5. The van der Waals surface area contributed by atoms with Gasteiger partial charge in [-0.25, -0.2) is 0 Å². The van der Waals surface area contributed by atoms with Crippen LogP contribution in [0.15, 0.2) is 30.3 Å². The lowest BCUT2D eigenvalue weighted by Crippen LogP contribution is -2.09. The topological polar surface area (TPSA) is 43.4 Å². The van der Waals surface area contributed by atoms with Crippen LogP contribution in [0.4, 0.5) is 0 Å². The number of hydrogen-bond donors (Lipinski definition) is 0. The first kappa shape index (κ1) is 18.4. The number of rotatable bonds is 11. The molecule has 0 aliphatic carbocycles. The Bertz CT molecular complexity index is 435. The lowest BCUT2D eigenvalue weighted by Gasteiger charge is -2.11. The van der Waals surface area contributed by atoms with Gasteiger partial charge in [0.25, 0.3) is 0 Å². The number of carbonyl (C=O) groups excluding carboxylic acids is 2. The maximum atomic E-state index is 11.9. The summed E-state index contributed by atoms with van der Waals surface area (Å²) in [5, 5.41) is 0. The van der Waals surface area contributed by atoms with Gasteiger partial charge in [-0.1, -0.05) is 57.0 Å². The summed E-state index contributed by atoms with van der Waals surface area (Å²) in [5.74, 6) is 0.665. The highest BCUT2D eigenvalue weighted by molar-refractivity contribution is 5.95. The monoisotopic (exact) mass is 304 g/mol. The van der Waals surface area contributed by atoms with Crippen molar-refractivity contribution in [3.05, 3.63) is 35.9 Å². The third kappa shape index (κ3) is 7.39. The van der Waals surface area contributed by atoms with Gasteiger partial charge in [0.2, 0.25) is 0 Å². The second kappa shape index (κ2) is 11.0. The smallest absolute Gasteiger partial charge is 0.305 e. The molecule has 3 nitrogen and oxygen atoms in total. The van der Waals surface area contributed by atoms with Crippen LogP contribution in [0.2, 0.25) is 0 Å². The molecule has 22 heavy (non-hydrogen) atoms. The molecule has 0 amide bonds. The summed E-state index contributed by atoms with van der Waals surface area (Å²) < 4.78 is 5.22. The predicted octanol–water partition coefficient (Wildman–Crippen LogP) is 4.80. The molecule has 1 aromatic rings. The average Bonchev–Trinajstić information content (AvgIpc) is 2.56. The molecule has 1 aromatic carbocycles. The van der Waals surface area contributed by atoms with E-state index in [1.165, 1.54) is 0 Å². The zero-order valence-corrected chi connectivity index (χ0v) is 13.8. The fraction of sp³-hybridized carbons (Fsp3) is 0.579. The first-order valence-electron chi connectivity index (χ1n) is 8.41. The molecule has 3 heteroatoms. The summed E-state index contributed by atoms with van der Waals surface area (Å²) in [5.41, 5.74) is 0.754. The highest BCUT2D eigenvalue weighted by Gasteiger charge is 2.09. The van der Waals surface area contributed by atoms with Crippen LogP contribution in [-0.4, -0.2) is 18.4 Å². The highest BCUT2D eigenvalue weighted by Crippen LogP contribution is 2.15. The molecule has 0 radical (unpaired) electrons. The molecule has 0 saturated carbocycles. The molecule has 0 aliphatic heterocycles. The van der Waals surface area contributed by atoms with Crippen molar-refractivity contribution in [2.24, 2.45) is 5.92 Å². The molecule has 0 bridgehead atoms. The zero-order chi connectivity index (χ0) is 16.2. The number of ether oxygens (including phenoxy) is 1. The van der Waals surface area contributed by atoms with Gasteiger partial charge in [-0.15, -0.1) is 0 Å². The number of ketones is 1. The Labute approximate surface area is 134 Å². The first-order valence-corrected chi connectivity index (χ1v) is 8.41. The van der Waals surface area contributed by atoms with Gasteiger partial charge in [-0.05, 0) is 25.2 Å². The van der Waals surface area contributed by atoms with Crippen molar-refractivity contribution in [1.82, 2.24) is 0 Å². The average molecular weight is 304 g/mol. The summed E-state index contributed by atoms with van der Waals surface area (Å²) in [6.45, 7) is 4.73. The molecular weight excluding hydrogens is 276 g/mol. The zero-order valence-electron chi connectivity index (χ0n) is 13.8. The van der Waals surface area contributed by atoms with Crippen LogP contribution in [0.5, 0.6) is 0 Å². The fourth-order valence-corrected chi connectivity index (χ4v) is 2.43. The molecule has 0 spiro atoms. The van der Waals surface area contributed by atoms with Gasteiger partial charge >= 0.3 is 5.97 Å². The number of carbonyl (C=O) groups is 2. The summed E-state index contributed by atoms with van der Waals surface area (Å²) >= 11 is 0. The molecule has 1 rings (SSSR count). The number of unbranched alkanes of at least 4 members (excludes halogenated alkanes) is 1. The molecule has 0 aromatic heterocycles. The Morgan fingerprint density at radius 2 is 1.68 bits per heavy atom. The molecule has 0 N–H and O–H groups in total. The van der Waals surface area contributed by atoms with Gasteiger partial charge in [0.15, 0.2) is 5.78 Å². The van der Waals surface area contributed by atoms with E-state index in [1.54, 1.807) is 0 Å². The van der Waals surface area contributed by atoms with Crippen molar-refractivity contribution >= 4 is 11.8 Å². The van der Waals surface area contributed by atoms with Crippen LogP contribution >= 0.6 is 0 Å². The van der Waals surface area contributed by atoms with Gasteiger partial charge in [-0.2, -0.15) is 0 Å². The summed E-state index contributed by atoms with van der Waals surface area (Å²) in [6.07, 6.45) is 5.67. The molecule has 0 heterocycles. The van der Waals surface area contributed by atoms with E-state index in [2.05, 4.69) is 13.8 Å². The van der Waals surface area contributed by atoms with Crippen molar-refractivity contribution in [2.45, 2.75) is 58.8 Å². The van der Waals surface area contributed by atoms with Gasteiger partial charge in [0, 0.05) is 18.4 Å². The Kier molecular flexibility index (Phi) is 9.20. The minimum atomic E-state index is -0.110. The van der Waals surface area contributed by atoms with E-state index in [0.29, 0.717) is 25.4 Å². The minimum absolute atomic E-state index is 0.110. The second-order valence-corrected chi connectivity index (χ2v) is 5.69. The van der Waals surface area contributed by atoms with Gasteiger partial charge < -0.3 is 4.74 Å². The van der Waals surface area contributed by atoms with Crippen molar-refractivity contribution in [2.75, 3.05) is 6.61 Å². The van der Waals surface area contributed by atoms with Crippen LogP contribution in [-0.2, 0) is 9.53 Å². The molecule has 122 valence electrons. The third-order valence-corrected chi connectivity index (χ3v) is 4.07. The summed E-state index contributed by atoms with van der Waals surface area (Å²) in [6, 6.07) is 9.31. The van der Waals surface area contributed by atoms with Crippen LogP contribution in [0.1, 0.15) is 69.2 Å². The van der Waals surface area contributed by atoms with Gasteiger partial charge in [0.1, 0.15) is 0 Å². The quantitative estimate of drug-likeness (QED) is 0.335. The molecule has 0 aliphatic rings. The maximum Gasteiger partial charge on any atom is 0.305 e. The molecule has 0 atom stereocenters. The van der Waals surface area contributed by atoms with E-state index in [1.807, 2.05) is 30.3 Å². The van der Waals surface area contributed by atoms with Gasteiger partial charge in [-0.3, -0.25) is 9.59 Å². The number of Topliss-reactive ketones (excluding diaryl/α,β-unsaturated/α-hetero) is 1. The Morgan fingerprint density at radius 3 is 2.32 bits per heavy atom. The Hall–Kier alpha value is -1.64. The number of hydrogen-bond acceptors (Lipinski definition) is 3. The van der Waals surface area contributed by atoms with Crippen molar-refractivity contribution < 1.29 is 14.3 Å². The summed E-state index contributed by atoms with van der Waals surface area (Å²) in [4.78, 5) is 23.5. The van der Waals surface area contributed by atoms with E-state index in [-0.39, 0.29) is 11.8 Å². The molecule has 0 saturated heterocycles. The Morgan fingerprint density at radius 1 is 1.00 bits per heavy atom. The van der Waals surface area contributed by atoms with Crippen LogP contribution in [0.25, 0.3) is 0 Å². The lowest BCUT2D eigenvalue weighted by atomic mass is 9.98. The van der Waals surface area contributed by atoms with Crippen LogP contribution < -0.4 is 0 Å². The minimum Gasteiger partial charge on any atom is -0.466 e. The SMILES string of the molecule is CCC(CC)CCC(=O)OCCCCC(=O)c1ccccc1. The van der Waals surface area contributed by atoms with E-state index >= 15 is 0 Å². The Balaban J connectivity index is 2.08. The van der Waals surface area contributed by atoms with Gasteiger partial charge in [0.05, 0.1) is 6.61 Å². The maximum absolute atomic E-state index is 11.9. The number of esters is 1. The van der Waals surface area contributed by atoms with Crippen molar-refractivity contribution in [3.8, 4) is 0 Å². The largest absolute Gasteiger partial charge is 0.466 e. The summed E-state index contributed by atoms with van der Waals surface area (Å²) in [7, 11) is 0. The first-order chi connectivity index (χ1) is 10.7. The standard InChI is InChI=1S/C19H28O3/c1-3-16(4-2)13-14-19(21)22-15-9-8-12-18(20)17-10-6-5-7-11-17/h5-7,10-11,16H,3-4,8-9,12-15H2,1-2H3. The lowest BCUT2D eigenvalue weighted by molar-refractivity contribution is -0.144. The fourth-order valence-electron chi connectivity index (χ4n) is 2.43. The van der Waals surface area contributed by atoms with Crippen LogP contribution in [0.3, 0.4) is 0 Å². The van der Waals surface area contributed by atoms with Crippen molar-refractivity contribution in [3.63, 3.8) is 0 Å². The predicted molar refractivity (Wildman–Crippen MR) is 88.9 cm³/mol. The van der Waals surface area contributed by atoms with Crippen molar-refractivity contribution in [1.29, 1.82) is 0 Å². The second-order valence-electron chi connectivity index (χ2n) is 5.69. The number of benzene rings is 1. The van der Waals surface area contributed by atoms with Crippen LogP contribution in [0, 0.1) is 5.92 Å². The van der Waals surface area contributed by atoms with E-state index in [9.17, 15) is 9.59 Å². The van der Waals surface area contributed by atoms with E-state index in [4.69, 9.17) is 4.74 Å². The molecule has 0 fully saturated rings. The van der Waals surface area contributed by atoms with E-state index in [0.717, 1.165) is 37.7 Å².